The molecule has 1 unspecified atom stereocenters. The van der Waals surface area contributed by atoms with E-state index in [1.807, 2.05) is 42.5 Å². The number of aromatic nitrogens is 4. The summed E-state index contributed by atoms with van der Waals surface area (Å²) in [5, 5.41) is 7.00. The van der Waals surface area contributed by atoms with Crippen LogP contribution in [0.1, 0.15) is 22.8 Å². The number of nitrogens with one attached hydrogen (secondary N) is 2. The normalized spacial score (nSPS) is 11.5. The molecule has 0 saturated heterocycles. The predicted octanol–water partition coefficient (Wildman–Crippen LogP) is 4.32. The fraction of sp³-hybridized carbons (Fsp3) is 0.0476. The lowest BCUT2D eigenvalue weighted by Crippen LogP contribution is -1.77. The molecule has 3 aromatic heterocycles. The Labute approximate surface area is 160 Å². The van der Waals surface area contributed by atoms with Crippen molar-refractivity contribution in [3.8, 4) is 0 Å². The second kappa shape index (κ2) is 8.12. The molecule has 5 heterocycles. The summed E-state index contributed by atoms with van der Waals surface area (Å²) in [6.07, 6.45) is 8.05. The first-order valence-electron chi connectivity index (χ1n) is 8.29. The van der Waals surface area contributed by atoms with Gasteiger partial charge in [0, 0.05) is 29.2 Å². The van der Waals surface area contributed by atoms with E-state index in [9.17, 15) is 0 Å². The number of nitrogens with zero attached hydrogens (tertiary/aromatic N) is 2. The van der Waals surface area contributed by atoms with Crippen LogP contribution in [-0.4, -0.2) is 32.2 Å². The monoisotopic (exact) mass is 376 g/mol. The van der Waals surface area contributed by atoms with Crippen molar-refractivity contribution in [3.05, 3.63) is 71.3 Å². The average Bonchev–Trinajstić information content (AvgIpc) is 3.42. The molecule has 3 aromatic rings. The molecule has 5 nitrogen and oxygen atoms in total. The maximum atomic E-state index is 7.00. The third kappa shape index (κ3) is 4.22. The molecule has 0 radical (unpaired) electrons. The van der Waals surface area contributed by atoms with Crippen molar-refractivity contribution < 1.29 is 5.11 Å². The van der Waals surface area contributed by atoms with Crippen molar-refractivity contribution in [2.45, 2.75) is 0 Å². The molecular formula is C21H21N4OP. The van der Waals surface area contributed by atoms with E-state index >= 15 is 0 Å². The first-order chi connectivity index (χ1) is 12.8. The van der Waals surface area contributed by atoms with Crippen LogP contribution in [-0.2, 0) is 0 Å². The largest absolute Gasteiger partial charge is 0.400 e. The highest BCUT2D eigenvalue weighted by atomic mass is 31.0. The van der Waals surface area contributed by atoms with E-state index in [2.05, 4.69) is 50.3 Å². The second-order valence-electron chi connectivity index (χ2n) is 5.91. The van der Waals surface area contributed by atoms with Crippen molar-refractivity contribution >= 4 is 56.3 Å². The van der Waals surface area contributed by atoms with Crippen LogP contribution in [0.4, 0.5) is 0 Å². The van der Waals surface area contributed by atoms with Gasteiger partial charge in [0.15, 0.2) is 0 Å². The fourth-order valence-corrected chi connectivity index (χ4v) is 2.94. The Kier molecular flexibility index (Phi) is 5.65. The van der Waals surface area contributed by atoms with Crippen LogP contribution in [0, 0.1) is 0 Å². The smallest absolute Gasteiger partial charge is 0.0659 e. The van der Waals surface area contributed by atoms with Gasteiger partial charge in [0.25, 0.3) is 0 Å². The number of aliphatic hydroxyl groups is 1. The fourth-order valence-electron chi connectivity index (χ4n) is 2.94. The second-order valence-corrected chi connectivity index (χ2v) is 5.91. The number of hydrogen-bond acceptors (Lipinski definition) is 3. The van der Waals surface area contributed by atoms with Crippen LogP contribution in [0.5, 0.6) is 0 Å². The minimum atomic E-state index is 0. The zero-order valence-corrected chi connectivity index (χ0v) is 16.4. The van der Waals surface area contributed by atoms with E-state index in [0.717, 1.165) is 52.0 Å². The van der Waals surface area contributed by atoms with Gasteiger partial charge in [0.2, 0.25) is 0 Å². The summed E-state index contributed by atoms with van der Waals surface area (Å²) in [6, 6.07) is 16.4. The van der Waals surface area contributed by atoms with Crippen LogP contribution in [0.2, 0.25) is 0 Å². The highest BCUT2D eigenvalue weighted by Gasteiger charge is 2.02. The van der Waals surface area contributed by atoms with E-state index in [4.69, 9.17) is 5.11 Å². The summed E-state index contributed by atoms with van der Waals surface area (Å²) in [4.78, 5) is 16.0. The van der Waals surface area contributed by atoms with Crippen LogP contribution in [0.25, 0.3) is 46.4 Å². The summed E-state index contributed by atoms with van der Waals surface area (Å²) in [7, 11) is 1.00. The molecule has 0 fully saturated rings. The maximum absolute atomic E-state index is 7.00. The molecule has 0 spiro atoms. The topological polar surface area (TPSA) is 77.6 Å². The number of fused-ring (bicyclic) bond motifs is 8. The molecule has 0 aromatic carbocycles. The van der Waals surface area contributed by atoms with Gasteiger partial charge in [0.05, 0.1) is 22.8 Å². The standard InChI is InChI=1S/C20H14N4.CH4O.H3P/c1-2-14-10-16-5-6-18(23-16)12-20-8-7-19(24-20)11-17-4-3-15(22-17)9-13(1)21-14;1-2;/h1-12,21-22H;2H,1H3;1H3. The zero-order valence-electron chi connectivity index (χ0n) is 15.0. The van der Waals surface area contributed by atoms with Crippen LogP contribution in [0.15, 0.2) is 48.5 Å². The van der Waals surface area contributed by atoms with Gasteiger partial charge < -0.3 is 15.1 Å². The Hall–Kier alpha value is -3.01. The lowest BCUT2D eigenvalue weighted by Gasteiger charge is -1.86. The Morgan fingerprint density at radius 3 is 1.30 bits per heavy atom. The minimum absolute atomic E-state index is 0. The maximum Gasteiger partial charge on any atom is 0.0659 e. The van der Waals surface area contributed by atoms with E-state index in [1.165, 1.54) is 0 Å². The SMILES string of the molecule is C1=Cc2cc3ccc(cc4ccc(cc5nc(cc1n2)C=C5)[nH]4)[nH]3.CO.P. The quantitative estimate of drug-likeness (QED) is 0.352. The zero-order chi connectivity index (χ0) is 17.9. The summed E-state index contributed by atoms with van der Waals surface area (Å²) in [5.41, 5.74) is 7.86. The summed E-state index contributed by atoms with van der Waals surface area (Å²) in [6.45, 7) is 0. The lowest BCUT2D eigenvalue weighted by atomic mass is 10.3. The Balaban J connectivity index is 0.000000680. The van der Waals surface area contributed by atoms with Gasteiger partial charge >= 0.3 is 0 Å². The number of rotatable bonds is 0. The predicted molar refractivity (Wildman–Crippen MR) is 118 cm³/mol. The molecule has 0 amide bonds. The minimum Gasteiger partial charge on any atom is -0.400 e. The van der Waals surface area contributed by atoms with E-state index in [0.29, 0.717) is 0 Å². The molecule has 1 atom stereocenters. The highest BCUT2D eigenvalue weighted by molar-refractivity contribution is 6.92. The van der Waals surface area contributed by atoms with Gasteiger partial charge in [0.1, 0.15) is 0 Å². The Morgan fingerprint density at radius 1 is 0.556 bits per heavy atom. The molecule has 0 saturated carbocycles. The van der Waals surface area contributed by atoms with Crippen molar-refractivity contribution in [2.75, 3.05) is 7.11 Å². The van der Waals surface area contributed by atoms with E-state index in [1.54, 1.807) is 0 Å². The molecule has 3 N–H and O–H groups in total. The molecular weight excluding hydrogens is 355 g/mol. The Bertz CT molecular complexity index is 1080. The summed E-state index contributed by atoms with van der Waals surface area (Å²) in [5.74, 6) is 0. The number of aromatic amines is 2. The average molecular weight is 376 g/mol. The molecule has 5 rings (SSSR count). The number of H-pyrrole nitrogens is 2. The molecule has 2 aliphatic heterocycles. The van der Waals surface area contributed by atoms with Gasteiger partial charge in [-0.25, -0.2) is 9.97 Å². The lowest BCUT2D eigenvalue weighted by molar-refractivity contribution is 0.399. The van der Waals surface area contributed by atoms with Crippen molar-refractivity contribution in [3.63, 3.8) is 0 Å². The molecule has 6 heteroatoms. The van der Waals surface area contributed by atoms with Crippen LogP contribution < -0.4 is 0 Å². The van der Waals surface area contributed by atoms with Gasteiger partial charge in [-0.05, 0) is 72.8 Å². The molecule has 2 aliphatic rings. The first-order valence-corrected chi connectivity index (χ1v) is 8.29. The van der Waals surface area contributed by atoms with Crippen molar-refractivity contribution in [1.29, 1.82) is 0 Å². The molecule has 27 heavy (non-hydrogen) atoms. The third-order valence-corrected chi connectivity index (χ3v) is 4.04. The molecule has 8 bridgehead atoms. The van der Waals surface area contributed by atoms with Gasteiger partial charge in [-0.15, -0.1) is 0 Å². The van der Waals surface area contributed by atoms with Gasteiger partial charge in [-0.2, -0.15) is 9.90 Å². The van der Waals surface area contributed by atoms with Crippen LogP contribution in [0.3, 0.4) is 0 Å². The molecule has 0 aliphatic carbocycles. The first kappa shape index (κ1) is 18.8. The van der Waals surface area contributed by atoms with E-state index < -0.39 is 0 Å². The third-order valence-electron chi connectivity index (χ3n) is 4.04. The Morgan fingerprint density at radius 2 is 0.889 bits per heavy atom. The summed E-state index contributed by atoms with van der Waals surface area (Å²) < 4.78 is 0. The number of hydrogen-bond donors (Lipinski definition) is 3. The van der Waals surface area contributed by atoms with Crippen molar-refractivity contribution in [2.24, 2.45) is 0 Å². The van der Waals surface area contributed by atoms with E-state index in [-0.39, 0.29) is 9.90 Å². The van der Waals surface area contributed by atoms with Gasteiger partial charge in [-0.1, -0.05) is 0 Å². The summed E-state index contributed by atoms with van der Waals surface area (Å²) >= 11 is 0. The molecule has 136 valence electrons. The number of aliphatic hydroxyl groups excluding tert-OH is 1. The van der Waals surface area contributed by atoms with Crippen molar-refractivity contribution in [1.82, 2.24) is 19.9 Å². The highest BCUT2D eigenvalue weighted by Crippen LogP contribution is 2.17. The van der Waals surface area contributed by atoms with Gasteiger partial charge in [-0.3, -0.25) is 0 Å². The van der Waals surface area contributed by atoms with Crippen LogP contribution >= 0.6 is 9.90 Å².